The highest BCUT2D eigenvalue weighted by molar-refractivity contribution is 6.31. The maximum Gasteiger partial charge on any atom is 0.246 e. The number of halogens is 2. The van der Waals surface area contributed by atoms with Crippen LogP contribution in [-0.4, -0.2) is 27.6 Å². The smallest absolute Gasteiger partial charge is 0.246 e. The fourth-order valence-electron chi connectivity index (χ4n) is 2.08. The van der Waals surface area contributed by atoms with Gasteiger partial charge in [-0.2, -0.15) is 5.10 Å². The Kier molecular flexibility index (Phi) is 5.27. The van der Waals surface area contributed by atoms with Crippen LogP contribution in [0.3, 0.4) is 0 Å². The molecular formula is C16H17Cl2N3O. The van der Waals surface area contributed by atoms with E-state index in [0.717, 1.165) is 16.8 Å². The molecule has 0 unspecified atom stereocenters. The Morgan fingerprint density at radius 3 is 2.64 bits per heavy atom. The maximum atomic E-state index is 12.2. The van der Waals surface area contributed by atoms with Gasteiger partial charge in [0.05, 0.1) is 5.69 Å². The Hall–Kier alpha value is -1.78. The van der Waals surface area contributed by atoms with Crippen molar-refractivity contribution in [1.29, 1.82) is 0 Å². The number of aromatic nitrogens is 2. The summed E-state index contributed by atoms with van der Waals surface area (Å²) in [6.45, 7) is 2.30. The quantitative estimate of drug-likeness (QED) is 0.797. The molecule has 4 nitrogen and oxygen atoms in total. The highest BCUT2D eigenvalue weighted by Crippen LogP contribution is 2.20. The zero-order valence-corrected chi connectivity index (χ0v) is 14.2. The summed E-state index contributed by atoms with van der Waals surface area (Å²) in [5.74, 6) is -0.126. The van der Waals surface area contributed by atoms with Crippen molar-refractivity contribution in [3.05, 3.63) is 57.3 Å². The summed E-state index contributed by atoms with van der Waals surface area (Å²) >= 11 is 12.2. The molecule has 2 rings (SSSR count). The van der Waals surface area contributed by atoms with Gasteiger partial charge in [-0.1, -0.05) is 41.4 Å². The average Bonchev–Trinajstić information content (AvgIpc) is 2.72. The van der Waals surface area contributed by atoms with E-state index in [0.29, 0.717) is 16.7 Å². The van der Waals surface area contributed by atoms with E-state index in [1.165, 1.54) is 6.08 Å². The van der Waals surface area contributed by atoms with Crippen LogP contribution in [0.2, 0.25) is 10.2 Å². The second kappa shape index (κ2) is 6.99. The van der Waals surface area contributed by atoms with E-state index in [1.807, 2.05) is 31.2 Å². The van der Waals surface area contributed by atoms with E-state index >= 15 is 0 Å². The van der Waals surface area contributed by atoms with Crippen LogP contribution in [0.1, 0.15) is 16.8 Å². The number of hydrogen-bond acceptors (Lipinski definition) is 2. The molecule has 1 amide bonds. The monoisotopic (exact) mass is 337 g/mol. The third-order valence-corrected chi connectivity index (χ3v) is 4.15. The summed E-state index contributed by atoms with van der Waals surface area (Å²) in [7, 11) is 3.49. The molecule has 0 N–H and O–H groups in total. The molecule has 0 bridgehead atoms. The van der Waals surface area contributed by atoms with Crippen molar-refractivity contribution in [2.75, 3.05) is 7.05 Å². The predicted octanol–water partition coefficient (Wildman–Crippen LogP) is 3.71. The third kappa shape index (κ3) is 3.70. The normalized spacial score (nSPS) is 11.1. The Balaban J connectivity index is 2.08. The Labute approximate surface area is 139 Å². The maximum absolute atomic E-state index is 12.2. The van der Waals surface area contributed by atoms with Gasteiger partial charge in [-0.25, -0.2) is 0 Å². The zero-order valence-electron chi connectivity index (χ0n) is 12.7. The molecule has 1 aromatic heterocycles. The number of benzene rings is 1. The minimum absolute atomic E-state index is 0.126. The molecule has 0 aliphatic heterocycles. The predicted molar refractivity (Wildman–Crippen MR) is 89.9 cm³/mol. The van der Waals surface area contributed by atoms with E-state index in [2.05, 4.69) is 5.10 Å². The van der Waals surface area contributed by atoms with Crippen LogP contribution in [0.4, 0.5) is 0 Å². The molecule has 0 spiro atoms. The first kappa shape index (κ1) is 16.6. The van der Waals surface area contributed by atoms with Crippen LogP contribution < -0.4 is 0 Å². The molecule has 0 saturated carbocycles. The van der Waals surface area contributed by atoms with E-state index in [4.69, 9.17) is 23.2 Å². The Morgan fingerprint density at radius 2 is 2.05 bits per heavy atom. The molecule has 1 heterocycles. The van der Waals surface area contributed by atoms with Gasteiger partial charge in [-0.3, -0.25) is 9.48 Å². The SMILES string of the molecule is Cc1nn(C)c(Cl)c1/C=C/C(=O)N(C)Cc1ccccc1Cl. The fourth-order valence-corrected chi connectivity index (χ4v) is 2.51. The summed E-state index contributed by atoms with van der Waals surface area (Å²) in [5, 5.41) is 5.36. The van der Waals surface area contributed by atoms with Gasteiger partial charge in [0.25, 0.3) is 0 Å². The number of hydrogen-bond donors (Lipinski definition) is 0. The molecule has 1 aromatic carbocycles. The lowest BCUT2D eigenvalue weighted by Crippen LogP contribution is -2.24. The second-order valence-electron chi connectivity index (χ2n) is 5.03. The number of rotatable bonds is 4. The zero-order chi connectivity index (χ0) is 16.3. The van der Waals surface area contributed by atoms with Crippen LogP contribution in [-0.2, 0) is 18.4 Å². The number of aryl methyl sites for hydroxylation is 2. The van der Waals surface area contributed by atoms with Crippen molar-refractivity contribution in [3.63, 3.8) is 0 Å². The van der Waals surface area contributed by atoms with Crippen LogP contribution in [0.25, 0.3) is 6.08 Å². The van der Waals surface area contributed by atoms with Gasteiger partial charge in [-0.15, -0.1) is 0 Å². The Morgan fingerprint density at radius 1 is 1.36 bits per heavy atom. The molecule has 6 heteroatoms. The van der Waals surface area contributed by atoms with Crippen molar-refractivity contribution >= 4 is 35.2 Å². The third-order valence-electron chi connectivity index (χ3n) is 3.33. The number of nitrogens with zero attached hydrogens (tertiary/aromatic N) is 3. The van der Waals surface area contributed by atoms with Crippen molar-refractivity contribution in [1.82, 2.24) is 14.7 Å². The second-order valence-corrected chi connectivity index (χ2v) is 5.80. The first-order valence-corrected chi connectivity index (χ1v) is 7.51. The summed E-state index contributed by atoms with van der Waals surface area (Å²) in [6, 6.07) is 7.47. The molecule has 0 aliphatic rings. The van der Waals surface area contributed by atoms with Gasteiger partial charge >= 0.3 is 0 Å². The topological polar surface area (TPSA) is 38.1 Å². The number of carbonyl (C=O) groups excluding carboxylic acids is 1. The summed E-state index contributed by atoms with van der Waals surface area (Å²) in [4.78, 5) is 13.8. The summed E-state index contributed by atoms with van der Waals surface area (Å²) in [6.07, 6.45) is 3.18. The number of carbonyl (C=O) groups is 1. The minimum Gasteiger partial charge on any atom is -0.338 e. The van der Waals surface area contributed by atoms with Crippen LogP contribution in [0, 0.1) is 6.92 Å². The van der Waals surface area contributed by atoms with Crippen molar-refractivity contribution in [3.8, 4) is 0 Å². The lowest BCUT2D eigenvalue weighted by atomic mass is 10.2. The highest BCUT2D eigenvalue weighted by Gasteiger charge is 2.11. The molecule has 0 fully saturated rings. The average molecular weight is 338 g/mol. The highest BCUT2D eigenvalue weighted by atomic mass is 35.5. The van der Waals surface area contributed by atoms with Gasteiger partial charge in [-0.05, 0) is 24.6 Å². The first-order chi connectivity index (χ1) is 10.4. The van der Waals surface area contributed by atoms with Gasteiger partial charge < -0.3 is 4.90 Å². The van der Waals surface area contributed by atoms with Crippen molar-refractivity contribution < 1.29 is 4.79 Å². The van der Waals surface area contributed by atoms with E-state index in [-0.39, 0.29) is 5.91 Å². The molecule has 116 valence electrons. The molecule has 0 radical (unpaired) electrons. The van der Waals surface area contributed by atoms with Gasteiger partial charge in [0.2, 0.25) is 5.91 Å². The van der Waals surface area contributed by atoms with Gasteiger partial charge in [0, 0.05) is 37.3 Å². The molecular weight excluding hydrogens is 321 g/mol. The van der Waals surface area contributed by atoms with Crippen LogP contribution in [0.15, 0.2) is 30.3 Å². The summed E-state index contributed by atoms with van der Waals surface area (Å²) in [5.41, 5.74) is 2.44. The first-order valence-electron chi connectivity index (χ1n) is 6.76. The van der Waals surface area contributed by atoms with Crippen molar-refractivity contribution in [2.45, 2.75) is 13.5 Å². The molecule has 2 aromatic rings. The largest absolute Gasteiger partial charge is 0.338 e. The van der Waals surface area contributed by atoms with Crippen LogP contribution >= 0.6 is 23.2 Å². The summed E-state index contributed by atoms with van der Waals surface area (Å²) < 4.78 is 1.58. The van der Waals surface area contributed by atoms with E-state index in [9.17, 15) is 4.79 Å². The fraction of sp³-hybridized carbons (Fsp3) is 0.250. The van der Waals surface area contributed by atoms with Gasteiger partial charge in [0.1, 0.15) is 5.15 Å². The van der Waals surface area contributed by atoms with Crippen LogP contribution in [0.5, 0.6) is 0 Å². The Bertz CT molecular complexity index is 722. The number of amides is 1. The molecule has 0 saturated heterocycles. The minimum atomic E-state index is -0.126. The number of likely N-dealkylation sites (N-methyl/N-ethyl adjacent to an activating group) is 1. The van der Waals surface area contributed by atoms with Crippen molar-refractivity contribution in [2.24, 2.45) is 7.05 Å². The van der Waals surface area contributed by atoms with E-state index in [1.54, 1.807) is 29.8 Å². The molecule has 0 aliphatic carbocycles. The lowest BCUT2D eigenvalue weighted by molar-refractivity contribution is -0.125. The molecule has 22 heavy (non-hydrogen) atoms. The van der Waals surface area contributed by atoms with E-state index < -0.39 is 0 Å². The lowest BCUT2D eigenvalue weighted by Gasteiger charge is -2.16. The molecule has 0 atom stereocenters. The standard InChI is InChI=1S/C16H17Cl2N3O/c1-11-13(16(18)21(3)19-11)8-9-15(22)20(2)10-12-6-4-5-7-14(12)17/h4-9H,10H2,1-3H3/b9-8+. The van der Waals surface area contributed by atoms with Gasteiger partial charge in [0.15, 0.2) is 0 Å².